The molecule has 1 unspecified atom stereocenters. The van der Waals surface area contributed by atoms with Crippen LogP contribution in [0.25, 0.3) is 21.7 Å². The van der Waals surface area contributed by atoms with Crippen LogP contribution >= 0.6 is 11.6 Å². The Morgan fingerprint density at radius 2 is 1.60 bits per heavy atom. The minimum atomic E-state index is -0.444. The van der Waals surface area contributed by atoms with Gasteiger partial charge >= 0.3 is 0 Å². The lowest BCUT2D eigenvalue weighted by Gasteiger charge is -2.25. The van der Waals surface area contributed by atoms with Gasteiger partial charge < -0.3 is 15.3 Å². The van der Waals surface area contributed by atoms with E-state index in [2.05, 4.69) is 147 Å². The van der Waals surface area contributed by atoms with Gasteiger partial charge in [0.2, 0.25) is 11.6 Å². The molecule has 0 aliphatic carbocycles. The fourth-order valence-electron chi connectivity index (χ4n) is 11.2. The molecule has 5 aromatic carbocycles. The van der Waals surface area contributed by atoms with Crippen molar-refractivity contribution in [2.75, 3.05) is 24.5 Å². The van der Waals surface area contributed by atoms with Crippen molar-refractivity contribution in [2.24, 2.45) is 0 Å². The van der Waals surface area contributed by atoms with E-state index in [1.54, 1.807) is 28.8 Å². The van der Waals surface area contributed by atoms with Gasteiger partial charge in [-0.1, -0.05) is 118 Å². The quantitative estimate of drug-likeness (QED) is 0.0482. The van der Waals surface area contributed by atoms with Crippen molar-refractivity contribution in [3.63, 3.8) is 0 Å². The summed E-state index contributed by atoms with van der Waals surface area (Å²) in [4.78, 5) is 29.4. The first-order valence-electron chi connectivity index (χ1n) is 25.6. The van der Waals surface area contributed by atoms with Crippen molar-refractivity contribution in [1.29, 1.82) is 0 Å². The van der Waals surface area contributed by atoms with Crippen molar-refractivity contribution in [2.45, 2.75) is 130 Å². The number of aryl methyl sites for hydroxylation is 1. The number of rotatable bonds is 19. The van der Waals surface area contributed by atoms with Crippen LogP contribution in [0.3, 0.4) is 0 Å². The second kappa shape index (κ2) is 21.5. The number of aliphatic hydroxyl groups excluding tert-OH is 1. The summed E-state index contributed by atoms with van der Waals surface area (Å²) in [5.41, 5.74) is 12.8. The topological polar surface area (TPSA) is 77.6 Å². The number of fused-ring (bicyclic) bond motifs is 5. The van der Waals surface area contributed by atoms with Gasteiger partial charge in [0.1, 0.15) is 6.54 Å². The SMILES string of the molecule is CCCCC[N+]1=C(/C=C/C=C/C=C2/N(CC)c3ccc(CC(O)CCCCCNC(=O)Cc4c(C)n(C(=O)c5ccc(Cl)cc5)c5ccc(C)cc45)cc3C2(C)C)C(C)(C)c2c1ccc1ccccc21. The van der Waals surface area contributed by atoms with Crippen LogP contribution in [0.5, 0.6) is 0 Å². The third kappa shape index (κ3) is 10.2. The number of likely N-dealkylation sites (N-methyl/N-ethyl adjacent to an activating group) is 1. The molecule has 8 heteroatoms. The normalized spacial score (nSPS) is 16.1. The average molecular weight is 957 g/mol. The van der Waals surface area contributed by atoms with E-state index in [0.717, 1.165) is 65.6 Å². The molecule has 0 spiro atoms. The Morgan fingerprint density at radius 3 is 2.37 bits per heavy atom. The highest BCUT2D eigenvalue weighted by molar-refractivity contribution is 6.30. The zero-order valence-corrected chi connectivity index (χ0v) is 43.4. The molecule has 0 saturated carbocycles. The lowest BCUT2D eigenvalue weighted by molar-refractivity contribution is -0.438. The highest BCUT2D eigenvalue weighted by Gasteiger charge is 2.45. The van der Waals surface area contributed by atoms with E-state index in [1.165, 1.54) is 63.9 Å². The zero-order chi connectivity index (χ0) is 49.7. The van der Waals surface area contributed by atoms with E-state index >= 15 is 0 Å². The first kappa shape index (κ1) is 50.4. The van der Waals surface area contributed by atoms with Crippen molar-refractivity contribution < 1.29 is 19.3 Å². The molecule has 0 fully saturated rings. The highest BCUT2D eigenvalue weighted by atomic mass is 35.5. The lowest BCUT2D eigenvalue weighted by Crippen LogP contribution is -2.28. The molecule has 1 amide bonds. The first-order valence-corrected chi connectivity index (χ1v) is 26.0. The molecule has 3 heterocycles. The van der Waals surface area contributed by atoms with Gasteiger partial charge in [-0.2, -0.15) is 4.58 Å². The molecule has 0 saturated heterocycles. The molecule has 7 nitrogen and oxygen atoms in total. The average Bonchev–Trinajstić information content (AvgIpc) is 3.82. The Kier molecular flexibility index (Phi) is 15.5. The molecule has 2 aliphatic heterocycles. The fourth-order valence-corrected chi connectivity index (χ4v) is 11.3. The number of carbonyl (C=O) groups is 2. The molecule has 1 aromatic heterocycles. The van der Waals surface area contributed by atoms with Gasteiger partial charge in [0.25, 0.3) is 5.91 Å². The molecule has 364 valence electrons. The number of benzene rings is 5. The van der Waals surface area contributed by atoms with Crippen LogP contribution in [0.4, 0.5) is 11.4 Å². The largest absolute Gasteiger partial charge is 0.393 e. The third-order valence-corrected chi connectivity index (χ3v) is 15.1. The number of carbonyl (C=O) groups excluding carboxylic acids is 2. The standard InChI is InChI=1S/C62H71ClN4O3/c1-9-11-20-37-66-55-35-30-45-21-17-18-23-49(45)59(55)62(7,8)57(66)25-16-12-15-24-56-61(5,6)52-40-44(27-34-54(52)65(56)10-2)39-48(68)22-14-13-19-36-64-58(69)41-50-43(4)67(53-33-26-42(3)38-51(50)53)60(70)46-28-31-47(63)32-29-46/h12,15-18,21,23-35,38,40,48,68H,9-11,13-14,19-20,22,36-37,39,41H2,1-8H3/p+1. The number of amides is 1. The van der Waals surface area contributed by atoms with Crippen LogP contribution in [0, 0.1) is 13.8 Å². The second-order valence-corrected chi connectivity index (χ2v) is 21.0. The molecule has 2 aliphatic rings. The summed E-state index contributed by atoms with van der Waals surface area (Å²) in [6, 6.07) is 33.0. The van der Waals surface area contributed by atoms with Crippen LogP contribution in [-0.2, 0) is 28.5 Å². The smallest absolute Gasteiger partial charge is 0.262 e. The molecule has 2 N–H and O–H groups in total. The number of hydrogen-bond donors (Lipinski definition) is 2. The number of anilines is 1. The second-order valence-electron chi connectivity index (χ2n) is 20.5. The number of halogens is 1. The molecule has 0 bridgehead atoms. The number of aromatic nitrogens is 1. The zero-order valence-electron chi connectivity index (χ0n) is 42.7. The maximum Gasteiger partial charge on any atom is 0.262 e. The minimum Gasteiger partial charge on any atom is -0.393 e. The van der Waals surface area contributed by atoms with Crippen LogP contribution in [-0.4, -0.2) is 57.5 Å². The Balaban J connectivity index is 0.845. The van der Waals surface area contributed by atoms with Crippen LogP contribution in [0.1, 0.15) is 130 Å². The van der Waals surface area contributed by atoms with E-state index in [4.69, 9.17) is 11.6 Å². The van der Waals surface area contributed by atoms with E-state index in [1.807, 2.05) is 26.0 Å². The van der Waals surface area contributed by atoms with Crippen LogP contribution in [0.15, 0.2) is 133 Å². The van der Waals surface area contributed by atoms with Crippen molar-refractivity contribution in [3.8, 4) is 0 Å². The van der Waals surface area contributed by atoms with Crippen molar-refractivity contribution in [1.82, 2.24) is 9.88 Å². The van der Waals surface area contributed by atoms with Gasteiger partial charge in [0, 0.05) is 75.7 Å². The van der Waals surface area contributed by atoms with Gasteiger partial charge in [-0.15, -0.1) is 0 Å². The number of unbranched alkanes of at least 4 members (excludes halogenated alkanes) is 4. The minimum absolute atomic E-state index is 0.0672. The Bertz CT molecular complexity index is 3040. The summed E-state index contributed by atoms with van der Waals surface area (Å²) < 4.78 is 4.27. The Labute approximate surface area is 421 Å². The van der Waals surface area contributed by atoms with E-state index in [-0.39, 0.29) is 29.1 Å². The van der Waals surface area contributed by atoms with Crippen molar-refractivity contribution >= 4 is 62.2 Å². The fraction of sp³-hybridized carbons (Fsp3) is 0.371. The van der Waals surface area contributed by atoms with Gasteiger partial charge in [-0.05, 0) is 142 Å². The number of aliphatic hydroxyl groups is 1. The summed E-state index contributed by atoms with van der Waals surface area (Å²) in [5.74, 6) is -0.217. The molecular formula is C62H72ClN4O3+. The predicted molar refractivity (Wildman–Crippen MR) is 293 cm³/mol. The summed E-state index contributed by atoms with van der Waals surface area (Å²) >= 11 is 6.09. The third-order valence-electron chi connectivity index (χ3n) is 14.9. The van der Waals surface area contributed by atoms with Crippen molar-refractivity contribution in [3.05, 3.63) is 177 Å². The Morgan fingerprint density at radius 1 is 0.814 bits per heavy atom. The number of nitrogens with one attached hydrogen (secondary N) is 1. The molecular weight excluding hydrogens is 884 g/mol. The molecule has 1 atom stereocenters. The van der Waals surface area contributed by atoms with Crippen LogP contribution in [0.2, 0.25) is 5.02 Å². The molecule has 70 heavy (non-hydrogen) atoms. The van der Waals surface area contributed by atoms with Gasteiger partial charge in [-0.25, -0.2) is 0 Å². The maximum absolute atomic E-state index is 13.7. The summed E-state index contributed by atoms with van der Waals surface area (Å²) in [7, 11) is 0. The van der Waals surface area contributed by atoms with Gasteiger partial charge in [0.15, 0.2) is 5.71 Å². The monoisotopic (exact) mass is 956 g/mol. The lowest BCUT2D eigenvalue weighted by atomic mass is 9.79. The van der Waals surface area contributed by atoms with Gasteiger partial charge in [-0.3, -0.25) is 14.2 Å². The molecule has 8 rings (SSSR count). The first-order chi connectivity index (χ1) is 33.6. The molecule has 0 radical (unpaired) electrons. The number of nitrogens with zero attached hydrogens (tertiary/aromatic N) is 3. The Hall–Kier alpha value is -6.02. The summed E-state index contributed by atoms with van der Waals surface area (Å²) in [6.45, 7) is 20.2. The molecule has 6 aromatic rings. The van der Waals surface area contributed by atoms with E-state index in [0.29, 0.717) is 30.0 Å². The van der Waals surface area contributed by atoms with E-state index < -0.39 is 6.10 Å². The van der Waals surface area contributed by atoms with Gasteiger partial charge in [0.05, 0.1) is 23.5 Å². The van der Waals surface area contributed by atoms with E-state index in [9.17, 15) is 14.7 Å². The number of hydrogen-bond acceptors (Lipinski definition) is 4. The number of allylic oxidation sites excluding steroid dienone is 6. The summed E-state index contributed by atoms with van der Waals surface area (Å²) in [6.07, 6.45) is 18.5. The predicted octanol–water partition coefficient (Wildman–Crippen LogP) is 14.0. The highest BCUT2D eigenvalue weighted by Crippen LogP contribution is 2.48. The summed E-state index contributed by atoms with van der Waals surface area (Å²) in [5, 5.41) is 18.4. The maximum atomic E-state index is 13.7. The van der Waals surface area contributed by atoms with Crippen LogP contribution < -0.4 is 10.2 Å².